The van der Waals surface area contributed by atoms with Crippen LogP contribution in [0.2, 0.25) is 0 Å². The quantitative estimate of drug-likeness (QED) is 0.866. The number of amides is 1. The molecule has 6 heteroatoms. The summed E-state index contributed by atoms with van der Waals surface area (Å²) in [5, 5.41) is 13.7. The number of hydrogen-bond acceptors (Lipinski definition) is 4. The number of carbonyl (C=O) groups is 2. The highest BCUT2D eigenvalue weighted by molar-refractivity contribution is 7.12. The Kier molecular flexibility index (Phi) is 4.42. The van der Waals surface area contributed by atoms with Crippen molar-refractivity contribution in [3.05, 3.63) is 16.3 Å². The summed E-state index contributed by atoms with van der Waals surface area (Å²) in [5.74, 6) is -0.685. The molecule has 104 valence electrons. The van der Waals surface area contributed by atoms with Crippen LogP contribution in [0.3, 0.4) is 0 Å². The monoisotopic (exact) mass is 283 g/mol. The predicted octanol–water partition coefficient (Wildman–Crippen LogP) is 1.99. The molecule has 0 aromatic carbocycles. The van der Waals surface area contributed by atoms with Crippen LogP contribution < -0.4 is 10.1 Å². The number of hydrogen-bond donors (Lipinski definition) is 2. The molecule has 0 aliphatic heterocycles. The Morgan fingerprint density at radius 2 is 2.32 bits per heavy atom. The fourth-order valence-electron chi connectivity index (χ4n) is 2.53. The number of rotatable bonds is 5. The van der Waals surface area contributed by atoms with Crippen LogP contribution in [0.5, 0.6) is 5.75 Å². The Morgan fingerprint density at radius 3 is 3.00 bits per heavy atom. The van der Waals surface area contributed by atoms with Crippen LogP contribution in [-0.2, 0) is 4.79 Å². The van der Waals surface area contributed by atoms with E-state index in [2.05, 4.69) is 5.32 Å². The van der Waals surface area contributed by atoms with E-state index in [0.29, 0.717) is 23.6 Å². The Morgan fingerprint density at radius 1 is 1.53 bits per heavy atom. The maximum absolute atomic E-state index is 12.0. The Labute approximate surface area is 115 Å². The normalized spacial score (nSPS) is 22.2. The van der Waals surface area contributed by atoms with Gasteiger partial charge in [0.25, 0.3) is 5.91 Å². The van der Waals surface area contributed by atoms with Gasteiger partial charge in [0.05, 0.1) is 13.0 Å². The van der Waals surface area contributed by atoms with Crippen LogP contribution in [0.25, 0.3) is 0 Å². The molecule has 0 spiro atoms. The lowest BCUT2D eigenvalue weighted by Crippen LogP contribution is -2.32. The van der Waals surface area contributed by atoms with E-state index < -0.39 is 5.97 Å². The van der Waals surface area contributed by atoms with Gasteiger partial charge in [0.1, 0.15) is 10.6 Å². The summed E-state index contributed by atoms with van der Waals surface area (Å²) in [4.78, 5) is 23.6. The lowest BCUT2D eigenvalue weighted by molar-refractivity contribution is -0.142. The predicted molar refractivity (Wildman–Crippen MR) is 71.7 cm³/mol. The fraction of sp³-hybridized carbons (Fsp3) is 0.538. The van der Waals surface area contributed by atoms with E-state index in [0.717, 1.165) is 12.8 Å². The smallest absolute Gasteiger partial charge is 0.306 e. The zero-order chi connectivity index (χ0) is 13.8. The second-order valence-corrected chi connectivity index (χ2v) is 5.58. The number of aliphatic carboxylic acids is 1. The van der Waals surface area contributed by atoms with Gasteiger partial charge in [-0.25, -0.2) is 0 Å². The molecule has 2 unspecified atom stereocenters. The number of carbonyl (C=O) groups excluding carboxylic acids is 1. The molecule has 0 radical (unpaired) electrons. The van der Waals surface area contributed by atoms with Crippen LogP contribution >= 0.6 is 11.3 Å². The summed E-state index contributed by atoms with van der Waals surface area (Å²) in [7, 11) is 1.52. The van der Waals surface area contributed by atoms with E-state index in [9.17, 15) is 9.59 Å². The highest BCUT2D eigenvalue weighted by Crippen LogP contribution is 2.31. The van der Waals surface area contributed by atoms with Crippen molar-refractivity contribution >= 4 is 23.2 Å². The van der Waals surface area contributed by atoms with Crippen LogP contribution in [0.4, 0.5) is 0 Å². The first-order chi connectivity index (χ1) is 9.13. The largest absolute Gasteiger partial charge is 0.495 e. The molecule has 19 heavy (non-hydrogen) atoms. The standard InChI is InChI=1S/C13H17NO4S/c1-18-10-5-6-19-11(10)12(15)14-7-8-3-2-4-9(8)13(16)17/h5-6,8-9H,2-4,7H2,1H3,(H,14,15)(H,16,17). The van der Waals surface area contributed by atoms with Crippen LogP contribution in [0.15, 0.2) is 11.4 Å². The number of nitrogens with one attached hydrogen (secondary N) is 1. The van der Waals surface area contributed by atoms with E-state index in [-0.39, 0.29) is 17.7 Å². The molecule has 1 aliphatic rings. The van der Waals surface area contributed by atoms with Crippen molar-refractivity contribution < 1.29 is 19.4 Å². The number of thiophene rings is 1. The van der Waals surface area contributed by atoms with Crippen molar-refractivity contribution in [2.45, 2.75) is 19.3 Å². The number of ether oxygens (including phenoxy) is 1. The summed E-state index contributed by atoms with van der Waals surface area (Å²) in [6.07, 6.45) is 2.48. The van der Waals surface area contributed by atoms with Crippen molar-refractivity contribution in [1.82, 2.24) is 5.32 Å². The number of carboxylic acid groups (broad SMARTS) is 1. The number of carboxylic acids is 1. The minimum atomic E-state index is -0.759. The van der Waals surface area contributed by atoms with Crippen molar-refractivity contribution in [1.29, 1.82) is 0 Å². The van der Waals surface area contributed by atoms with E-state index >= 15 is 0 Å². The Balaban J connectivity index is 1.92. The second-order valence-electron chi connectivity index (χ2n) is 4.66. The van der Waals surface area contributed by atoms with Crippen LogP contribution in [0, 0.1) is 11.8 Å². The van der Waals surface area contributed by atoms with Gasteiger partial charge in [0, 0.05) is 6.54 Å². The fourth-order valence-corrected chi connectivity index (χ4v) is 3.31. The molecule has 0 saturated heterocycles. The van der Waals surface area contributed by atoms with E-state index in [1.165, 1.54) is 18.4 Å². The average Bonchev–Trinajstić information content (AvgIpc) is 3.04. The molecule has 2 atom stereocenters. The molecule has 1 fully saturated rings. The van der Waals surface area contributed by atoms with Crippen LogP contribution in [0.1, 0.15) is 28.9 Å². The van der Waals surface area contributed by atoms with Gasteiger partial charge >= 0.3 is 5.97 Å². The Bertz CT molecular complexity index is 471. The highest BCUT2D eigenvalue weighted by Gasteiger charge is 2.33. The van der Waals surface area contributed by atoms with Crippen molar-refractivity contribution in [3.63, 3.8) is 0 Å². The lowest BCUT2D eigenvalue weighted by atomic mass is 9.96. The summed E-state index contributed by atoms with van der Waals surface area (Å²) in [5.41, 5.74) is 0. The van der Waals surface area contributed by atoms with E-state index in [1.54, 1.807) is 11.4 Å². The summed E-state index contributed by atoms with van der Waals surface area (Å²) in [6.45, 7) is 0.414. The lowest BCUT2D eigenvalue weighted by Gasteiger charge is -2.16. The SMILES string of the molecule is COc1ccsc1C(=O)NCC1CCCC1C(=O)O. The molecule has 0 bridgehead atoms. The molecule has 1 heterocycles. The van der Waals surface area contributed by atoms with E-state index in [1.807, 2.05) is 0 Å². The summed E-state index contributed by atoms with van der Waals surface area (Å²) >= 11 is 1.32. The molecule has 1 aromatic heterocycles. The van der Waals surface area contributed by atoms with E-state index in [4.69, 9.17) is 9.84 Å². The number of methoxy groups -OCH3 is 1. The molecule has 1 aliphatic carbocycles. The third-order valence-electron chi connectivity index (χ3n) is 3.56. The molecular formula is C13H17NO4S. The maximum Gasteiger partial charge on any atom is 0.306 e. The topological polar surface area (TPSA) is 75.6 Å². The third kappa shape index (κ3) is 3.07. The minimum Gasteiger partial charge on any atom is -0.495 e. The van der Waals surface area contributed by atoms with Crippen molar-refractivity contribution in [3.8, 4) is 5.75 Å². The zero-order valence-corrected chi connectivity index (χ0v) is 11.5. The Hall–Kier alpha value is -1.56. The zero-order valence-electron chi connectivity index (χ0n) is 10.7. The first-order valence-electron chi connectivity index (χ1n) is 6.26. The minimum absolute atomic E-state index is 0.0346. The van der Waals surface area contributed by atoms with Gasteiger partial charge in [-0.15, -0.1) is 11.3 Å². The molecular weight excluding hydrogens is 266 g/mol. The van der Waals surface area contributed by atoms with Crippen molar-refractivity contribution in [2.24, 2.45) is 11.8 Å². The highest BCUT2D eigenvalue weighted by atomic mass is 32.1. The van der Waals surface area contributed by atoms with Gasteiger partial charge < -0.3 is 15.2 Å². The molecule has 2 N–H and O–H groups in total. The molecule has 1 aromatic rings. The van der Waals surface area contributed by atoms with Gasteiger partial charge in [-0.3, -0.25) is 9.59 Å². The third-order valence-corrected chi connectivity index (χ3v) is 4.45. The van der Waals surface area contributed by atoms with Gasteiger partial charge in [-0.1, -0.05) is 6.42 Å². The summed E-state index contributed by atoms with van der Waals surface area (Å²) in [6, 6.07) is 1.75. The van der Waals surface area contributed by atoms with Gasteiger partial charge in [0.15, 0.2) is 0 Å². The van der Waals surface area contributed by atoms with Gasteiger partial charge in [-0.2, -0.15) is 0 Å². The first kappa shape index (κ1) is 13.9. The molecule has 5 nitrogen and oxygen atoms in total. The molecule has 1 saturated carbocycles. The van der Waals surface area contributed by atoms with Crippen LogP contribution in [-0.4, -0.2) is 30.6 Å². The first-order valence-corrected chi connectivity index (χ1v) is 7.14. The molecule has 1 amide bonds. The van der Waals surface area contributed by atoms with Crippen molar-refractivity contribution in [2.75, 3.05) is 13.7 Å². The maximum atomic E-state index is 12.0. The molecule has 2 rings (SSSR count). The summed E-state index contributed by atoms with van der Waals surface area (Å²) < 4.78 is 5.09. The van der Waals surface area contributed by atoms with Gasteiger partial charge in [-0.05, 0) is 30.2 Å². The second kappa shape index (κ2) is 6.06. The average molecular weight is 283 g/mol. The van der Waals surface area contributed by atoms with Gasteiger partial charge in [0.2, 0.25) is 0 Å².